The molecular weight excluding hydrogens is 248 g/mol. The zero-order valence-corrected chi connectivity index (χ0v) is 12.9. The van der Waals surface area contributed by atoms with Gasteiger partial charge in [0.15, 0.2) is 0 Å². The molecule has 3 fully saturated rings. The molecule has 0 aromatic carbocycles. The molecule has 1 N–H and O–H groups in total. The summed E-state index contributed by atoms with van der Waals surface area (Å²) in [6, 6.07) is 0. The van der Waals surface area contributed by atoms with Crippen molar-refractivity contribution in [3.63, 3.8) is 0 Å². The Bertz CT molecular complexity index is 351. The van der Waals surface area contributed by atoms with Crippen LogP contribution in [0.15, 0.2) is 0 Å². The van der Waals surface area contributed by atoms with Crippen molar-refractivity contribution in [2.24, 2.45) is 35.5 Å². The lowest BCUT2D eigenvalue weighted by Gasteiger charge is -2.50. The zero-order chi connectivity index (χ0) is 14.1. The van der Waals surface area contributed by atoms with Crippen molar-refractivity contribution < 1.29 is 9.90 Å². The Morgan fingerprint density at radius 1 is 0.950 bits per heavy atom. The Morgan fingerprint density at radius 2 is 1.60 bits per heavy atom. The first-order valence-electron chi connectivity index (χ1n) is 8.91. The monoisotopic (exact) mass is 278 g/mol. The lowest BCUT2D eigenvalue weighted by molar-refractivity contribution is -0.145. The molecule has 0 saturated heterocycles. The van der Waals surface area contributed by atoms with Crippen LogP contribution in [-0.4, -0.2) is 11.1 Å². The van der Waals surface area contributed by atoms with Gasteiger partial charge in [-0.1, -0.05) is 26.2 Å². The second-order valence-electron chi connectivity index (χ2n) is 7.74. The Hall–Kier alpha value is -0.530. The van der Waals surface area contributed by atoms with Gasteiger partial charge in [0.2, 0.25) is 0 Å². The van der Waals surface area contributed by atoms with Crippen molar-refractivity contribution in [1.29, 1.82) is 0 Å². The summed E-state index contributed by atoms with van der Waals surface area (Å²) in [5.41, 5.74) is 0. The second-order valence-corrected chi connectivity index (χ2v) is 7.74. The molecule has 6 atom stereocenters. The highest BCUT2D eigenvalue weighted by Gasteiger charge is 2.45. The molecule has 0 amide bonds. The first kappa shape index (κ1) is 14.4. The average Bonchev–Trinajstić information content (AvgIpc) is 2.46. The summed E-state index contributed by atoms with van der Waals surface area (Å²) in [6.07, 6.45) is 12.9. The maximum Gasteiger partial charge on any atom is 0.306 e. The number of hydrogen-bond acceptors (Lipinski definition) is 1. The molecule has 3 aliphatic carbocycles. The molecule has 0 bridgehead atoms. The van der Waals surface area contributed by atoms with Crippen LogP contribution in [0.1, 0.15) is 71.1 Å². The Morgan fingerprint density at radius 3 is 2.25 bits per heavy atom. The van der Waals surface area contributed by atoms with Gasteiger partial charge in [0, 0.05) is 0 Å². The molecule has 114 valence electrons. The van der Waals surface area contributed by atoms with Gasteiger partial charge in [0.25, 0.3) is 0 Å². The molecule has 0 aromatic rings. The maximum absolute atomic E-state index is 11.2. The summed E-state index contributed by atoms with van der Waals surface area (Å²) in [4.78, 5) is 11.2. The van der Waals surface area contributed by atoms with Gasteiger partial charge in [0.1, 0.15) is 0 Å². The average molecular weight is 278 g/mol. The fourth-order valence-corrected chi connectivity index (χ4v) is 5.79. The van der Waals surface area contributed by atoms with Crippen LogP contribution in [0.3, 0.4) is 0 Å². The number of carboxylic acid groups (broad SMARTS) is 1. The van der Waals surface area contributed by atoms with E-state index in [9.17, 15) is 9.90 Å². The quantitative estimate of drug-likeness (QED) is 0.810. The molecular formula is C18H30O2. The van der Waals surface area contributed by atoms with Gasteiger partial charge in [-0.25, -0.2) is 0 Å². The van der Waals surface area contributed by atoms with Gasteiger partial charge in [0.05, 0.1) is 5.92 Å². The molecule has 0 aromatic heterocycles. The molecule has 0 spiro atoms. The molecule has 0 radical (unpaired) electrons. The summed E-state index contributed by atoms with van der Waals surface area (Å²) >= 11 is 0. The van der Waals surface area contributed by atoms with E-state index in [-0.39, 0.29) is 5.92 Å². The molecule has 3 saturated carbocycles. The van der Waals surface area contributed by atoms with Crippen LogP contribution in [0.25, 0.3) is 0 Å². The number of carbonyl (C=O) groups is 1. The minimum atomic E-state index is -0.544. The van der Waals surface area contributed by atoms with E-state index in [0.29, 0.717) is 0 Å². The number of hydrogen-bond donors (Lipinski definition) is 1. The first-order chi connectivity index (χ1) is 9.69. The number of rotatable bonds is 3. The number of carboxylic acids is 1. The number of aliphatic carboxylic acids is 1. The fraction of sp³-hybridized carbons (Fsp3) is 0.944. The van der Waals surface area contributed by atoms with Crippen molar-refractivity contribution in [2.75, 3.05) is 0 Å². The fourth-order valence-electron chi connectivity index (χ4n) is 5.79. The lowest BCUT2D eigenvalue weighted by Crippen LogP contribution is -2.42. The standard InChI is InChI=1S/C18H30O2/c1-2-3-12-4-8-16-13(10-12)5-6-14-11-15(18(19)20)7-9-17(14)16/h12-17H,2-11H2,1H3,(H,19,20). The van der Waals surface area contributed by atoms with E-state index in [1.54, 1.807) is 0 Å². The topological polar surface area (TPSA) is 37.3 Å². The van der Waals surface area contributed by atoms with Crippen LogP contribution < -0.4 is 0 Å². The molecule has 0 aliphatic heterocycles. The minimum absolute atomic E-state index is 0.0377. The lowest BCUT2D eigenvalue weighted by atomic mass is 9.55. The smallest absolute Gasteiger partial charge is 0.306 e. The normalized spacial score (nSPS) is 44.5. The molecule has 2 heteroatoms. The van der Waals surface area contributed by atoms with E-state index in [0.717, 1.165) is 42.4 Å². The highest BCUT2D eigenvalue weighted by molar-refractivity contribution is 5.70. The van der Waals surface area contributed by atoms with Crippen LogP contribution in [-0.2, 0) is 4.79 Å². The highest BCUT2D eigenvalue weighted by atomic mass is 16.4. The molecule has 6 unspecified atom stereocenters. The van der Waals surface area contributed by atoms with E-state index in [1.807, 2.05) is 0 Å². The summed E-state index contributed by atoms with van der Waals surface area (Å²) in [6.45, 7) is 2.32. The second kappa shape index (κ2) is 6.07. The van der Waals surface area contributed by atoms with Gasteiger partial charge in [-0.2, -0.15) is 0 Å². The van der Waals surface area contributed by atoms with Crippen LogP contribution in [0.4, 0.5) is 0 Å². The first-order valence-corrected chi connectivity index (χ1v) is 8.91. The highest BCUT2D eigenvalue weighted by Crippen LogP contribution is 2.53. The minimum Gasteiger partial charge on any atom is -0.481 e. The van der Waals surface area contributed by atoms with E-state index in [1.165, 1.54) is 51.4 Å². The van der Waals surface area contributed by atoms with Gasteiger partial charge in [-0.3, -0.25) is 4.79 Å². The van der Waals surface area contributed by atoms with Crippen LogP contribution in [0, 0.1) is 35.5 Å². The Balaban J connectivity index is 1.62. The summed E-state index contributed by atoms with van der Waals surface area (Å²) in [5, 5.41) is 9.25. The summed E-state index contributed by atoms with van der Waals surface area (Å²) in [5.74, 6) is 3.93. The van der Waals surface area contributed by atoms with Crippen LogP contribution in [0.2, 0.25) is 0 Å². The predicted molar refractivity (Wildman–Crippen MR) is 80.4 cm³/mol. The summed E-state index contributed by atoms with van der Waals surface area (Å²) in [7, 11) is 0. The molecule has 3 aliphatic rings. The maximum atomic E-state index is 11.2. The summed E-state index contributed by atoms with van der Waals surface area (Å²) < 4.78 is 0. The Labute approximate surface area is 123 Å². The van der Waals surface area contributed by atoms with E-state index in [4.69, 9.17) is 0 Å². The van der Waals surface area contributed by atoms with Crippen molar-refractivity contribution in [1.82, 2.24) is 0 Å². The molecule has 0 heterocycles. The number of fused-ring (bicyclic) bond motifs is 3. The van der Waals surface area contributed by atoms with Crippen molar-refractivity contribution in [3.05, 3.63) is 0 Å². The SMILES string of the molecule is CCCC1CCC2C(CCC3CC(C(=O)O)CCC32)C1. The molecule has 3 rings (SSSR count). The van der Waals surface area contributed by atoms with Gasteiger partial charge >= 0.3 is 5.97 Å². The molecule has 2 nitrogen and oxygen atoms in total. The predicted octanol–water partition coefficient (Wildman–Crippen LogP) is 4.73. The van der Waals surface area contributed by atoms with E-state index in [2.05, 4.69) is 6.92 Å². The third-order valence-electron chi connectivity index (χ3n) is 6.70. The van der Waals surface area contributed by atoms with Gasteiger partial charge in [-0.15, -0.1) is 0 Å². The molecule has 20 heavy (non-hydrogen) atoms. The van der Waals surface area contributed by atoms with Crippen molar-refractivity contribution >= 4 is 5.97 Å². The van der Waals surface area contributed by atoms with Crippen molar-refractivity contribution in [2.45, 2.75) is 71.1 Å². The van der Waals surface area contributed by atoms with Crippen LogP contribution >= 0.6 is 0 Å². The van der Waals surface area contributed by atoms with E-state index >= 15 is 0 Å². The van der Waals surface area contributed by atoms with Gasteiger partial charge in [-0.05, 0) is 74.5 Å². The third kappa shape index (κ3) is 2.76. The zero-order valence-electron chi connectivity index (χ0n) is 12.9. The third-order valence-corrected chi connectivity index (χ3v) is 6.70. The van der Waals surface area contributed by atoms with Gasteiger partial charge < -0.3 is 5.11 Å². The van der Waals surface area contributed by atoms with E-state index < -0.39 is 5.97 Å². The Kier molecular flexibility index (Phi) is 4.37. The van der Waals surface area contributed by atoms with Crippen molar-refractivity contribution in [3.8, 4) is 0 Å². The van der Waals surface area contributed by atoms with Crippen LogP contribution in [0.5, 0.6) is 0 Å². The largest absolute Gasteiger partial charge is 0.481 e.